The van der Waals surface area contributed by atoms with Crippen LogP contribution in [0.25, 0.3) is 0 Å². The van der Waals surface area contributed by atoms with Crippen LogP contribution < -0.4 is 14.2 Å². The standard InChI is InChI=1S/C19H22Cl2O4/c1-13-4-5-17(18(12-13)22-3)24-8-6-23-7-9-25-19-15(20)10-14(2)11-16(19)21/h4-5,10-12H,6-9H2,1-3H3. The summed E-state index contributed by atoms with van der Waals surface area (Å²) in [5, 5.41) is 1.000. The van der Waals surface area contributed by atoms with Gasteiger partial charge in [0, 0.05) is 0 Å². The molecule has 2 rings (SSSR count). The highest BCUT2D eigenvalue weighted by atomic mass is 35.5. The molecule has 0 atom stereocenters. The van der Waals surface area contributed by atoms with Gasteiger partial charge in [-0.1, -0.05) is 29.3 Å². The topological polar surface area (TPSA) is 36.9 Å². The summed E-state index contributed by atoms with van der Waals surface area (Å²) in [6.45, 7) is 5.56. The average molecular weight is 385 g/mol. The first-order chi connectivity index (χ1) is 12.0. The fourth-order valence-corrected chi connectivity index (χ4v) is 2.94. The second-order valence-electron chi connectivity index (χ2n) is 5.52. The molecule has 0 aromatic heterocycles. The maximum atomic E-state index is 6.12. The molecule has 0 saturated carbocycles. The van der Waals surface area contributed by atoms with Gasteiger partial charge in [0.05, 0.1) is 30.4 Å². The normalized spacial score (nSPS) is 10.6. The molecule has 0 heterocycles. The SMILES string of the molecule is COc1cc(C)ccc1OCCOCCOc1c(Cl)cc(C)cc1Cl. The highest BCUT2D eigenvalue weighted by Crippen LogP contribution is 2.33. The van der Waals surface area contributed by atoms with E-state index >= 15 is 0 Å². The van der Waals surface area contributed by atoms with Gasteiger partial charge in [0.15, 0.2) is 17.2 Å². The minimum atomic E-state index is 0.357. The lowest BCUT2D eigenvalue weighted by Gasteiger charge is -2.12. The van der Waals surface area contributed by atoms with Crippen molar-refractivity contribution in [1.82, 2.24) is 0 Å². The van der Waals surface area contributed by atoms with Gasteiger partial charge in [-0.15, -0.1) is 0 Å². The van der Waals surface area contributed by atoms with Crippen molar-refractivity contribution in [3.8, 4) is 17.2 Å². The third kappa shape index (κ3) is 5.99. The van der Waals surface area contributed by atoms with E-state index in [0.717, 1.165) is 11.1 Å². The molecule has 0 amide bonds. The van der Waals surface area contributed by atoms with Crippen LogP contribution >= 0.6 is 23.2 Å². The fraction of sp³-hybridized carbons (Fsp3) is 0.368. The Morgan fingerprint density at radius 2 is 1.40 bits per heavy atom. The lowest BCUT2D eigenvalue weighted by atomic mass is 10.2. The Morgan fingerprint density at radius 1 is 0.760 bits per heavy atom. The number of methoxy groups -OCH3 is 1. The zero-order valence-corrected chi connectivity index (χ0v) is 16.1. The maximum Gasteiger partial charge on any atom is 0.161 e. The lowest BCUT2D eigenvalue weighted by molar-refractivity contribution is 0.0758. The van der Waals surface area contributed by atoms with Gasteiger partial charge in [0.1, 0.15) is 13.2 Å². The quantitative estimate of drug-likeness (QED) is 0.564. The van der Waals surface area contributed by atoms with Crippen LogP contribution in [0.5, 0.6) is 17.2 Å². The summed E-state index contributed by atoms with van der Waals surface area (Å²) in [6, 6.07) is 9.41. The van der Waals surface area contributed by atoms with Crippen molar-refractivity contribution in [3.05, 3.63) is 51.5 Å². The number of aryl methyl sites for hydroxylation is 2. The van der Waals surface area contributed by atoms with Gasteiger partial charge in [-0.05, 0) is 49.2 Å². The van der Waals surface area contributed by atoms with E-state index in [2.05, 4.69) is 0 Å². The average Bonchev–Trinajstić information content (AvgIpc) is 2.56. The van der Waals surface area contributed by atoms with Gasteiger partial charge in [-0.25, -0.2) is 0 Å². The van der Waals surface area contributed by atoms with Crippen molar-refractivity contribution in [3.63, 3.8) is 0 Å². The zero-order chi connectivity index (χ0) is 18.2. The minimum Gasteiger partial charge on any atom is -0.493 e. The molecule has 136 valence electrons. The molecule has 0 saturated heterocycles. The summed E-state index contributed by atoms with van der Waals surface area (Å²) in [4.78, 5) is 0. The molecule has 0 spiro atoms. The Hall–Kier alpha value is -1.62. The predicted molar refractivity (Wildman–Crippen MR) is 101 cm³/mol. The molecule has 0 aliphatic carbocycles. The third-order valence-electron chi connectivity index (χ3n) is 3.42. The summed E-state index contributed by atoms with van der Waals surface area (Å²) in [7, 11) is 1.62. The molecular formula is C19H22Cl2O4. The van der Waals surface area contributed by atoms with Crippen LogP contribution in [-0.4, -0.2) is 33.5 Å². The van der Waals surface area contributed by atoms with Crippen LogP contribution in [0.4, 0.5) is 0 Å². The van der Waals surface area contributed by atoms with E-state index in [9.17, 15) is 0 Å². The van der Waals surface area contributed by atoms with E-state index in [1.165, 1.54) is 0 Å². The molecule has 6 heteroatoms. The van der Waals surface area contributed by atoms with Crippen molar-refractivity contribution in [1.29, 1.82) is 0 Å². The molecule has 0 radical (unpaired) electrons. The Bertz CT molecular complexity index is 681. The summed E-state index contributed by atoms with van der Waals surface area (Å²) >= 11 is 12.2. The van der Waals surface area contributed by atoms with Gasteiger partial charge in [-0.2, -0.15) is 0 Å². The third-order valence-corrected chi connectivity index (χ3v) is 3.98. The van der Waals surface area contributed by atoms with Gasteiger partial charge in [0.25, 0.3) is 0 Å². The highest BCUT2D eigenvalue weighted by Gasteiger charge is 2.08. The van der Waals surface area contributed by atoms with Crippen LogP contribution in [0.1, 0.15) is 11.1 Å². The second kappa shape index (κ2) is 9.76. The fourth-order valence-electron chi connectivity index (χ4n) is 2.23. The molecule has 0 N–H and O–H groups in total. The monoisotopic (exact) mass is 384 g/mol. The van der Waals surface area contributed by atoms with Crippen LogP contribution in [0.2, 0.25) is 10.0 Å². The van der Waals surface area contributed by atoms with Gasteiger partial charge in [-0.3, -0.25) is 0 Å². The molecule has 0 aliphatic heterocycles. The Balaban J connectivity index is 1.68. The summed E-state index contributed by atoms with van der Waals surface area (Å²) < 4.78 is 22.0. The van der Waals surface area contributed by atoms with E-state index in [1.54, 1.807) is 7.11 Å². The first-order valence-electron chi connectivity index (χ1n) is 7.95. The molecule has 2 aromatic carbocycles. The molecule has 2 aromatic rings. The summed E-state index contributed by atoms with van der Waals surface area (Å²) in [5.41, 5.74) is 2.10. The Kier molecular flexibility index (Phi) is 7.69. The molecule has 0 fully saturated rings. The number of rotatable bonds is 9. The molecule has 0 aliphatic rings. The minimum absolute atomic E-state index is 0.357. The maximum absolute atomic E-state index is 6.12. The molecule has 0 bridgehead atoms. The Labute approximate surface area is 158 Å². The number of hydrogen-bond acceptors (Lipinski definition) is 4. The number of hydrogen-bond donors (Lipinski definition) is 0. The van der Waals surface area contributed by atoms with Crippen LogP contribution in [0.15, 0.2) is 30.3 Å². The lowest BCUT2D eigenvalue weighted by Crippen LogP contribution is -2.12. The highest BCUT2D eigenvalue weighted by molar-refractivity contribution is 6.37. The van der Waals surface area contributed by atoms with Gasteiger partial charge >= 0.3 is 0 Å². The number of ether oxygens (including phenoxy) is 4. The van der Waals surface area contributed by atoms with E-state index in [0.29, 0.717) is 53.7 Å². The van der Waals surface area contributed by atoms with Crippen LogP contribution in [0.3, 0.4) is 0 Å². The van der Waals surface area contributed by atoms with Crippen LogP contribution in [-0.2, 0) is 4.74 Å². The van der Waals surface area contributed by atoms with Crippen molar-refractivity contribution in [2.24, 2.45) is 0 Å². The largest absolute Gasteiger partial charge is 0.493 e. The number of halogens is 2. The van der Waals surface area contributed by atoms with E-state index < -0.39 is 0 Å². The second-order valence-corrected chi connectivity index (χ2v) is 6.34. The van der Waals surface area contributed by atoms with E-state index in [1.807, 2.05) is 44.2 Å². The molecule has 0 unspecified atom stereocenters. The first-order valence-corrected chi connectivity index (χ1v) is 8.70. The molecule has 4 nitrogen and oxygen atoms in total. The van der Waals surface area contributed by atoms with Gasteiger partial charge in [0.2, 0.25) is 0 Å². The predicted octanol–water partition coefficient (Wildman–Crippen LogP) is 5.09. The zero-order valence-electron chi connectivity index (χ0n) is 14.6. The van der Waals surface area contributed by atoms with Gasteiger partial charge < -0.3 is 18.9 Å². The van der Waals surface area contributed by atoms with Crippen molar-refractivity contribution in [2.45, 2.75) is 13.8 Å². The smallest absolute Gasteiger partial charge is 0.161 e. The van der Waals surface area contributed by atoms with Crippen molar-refractivity contribution >= 4 is 23.2 Å². The van der Waals surface area contributed by atoms with E-state index in [-0.39, 0.29) is 0 Å². The Morgan fingerprint density at radius 3 is 2.04 bits per heavy atom. The first kappa shape index (κ1) is 19.7. The summed E-state index contributed by atoms with van der Waals surface area (Å²) in [6.07, 6.45) is 0. The summed E-state index contributed by atoms with van der Waals surface area (Å²) in [5.74, 6) is 1.90. The van der Waals surface area contributed by atoms with Crippen molar-refractivity contribution in [2.75, 3.05) is 33.5 Å². The molecular weight excluding hydrogens is 363 g/mol. The molecule has 25 heavy (non-hydrogen) atoms. The van der Waals surface area contributed by atoms with Crippen molar-refractivity contribution < 1.29 is 18.9 Å². The number of benzene rings is 2. The van der Waals surface area contributed by atoms with Crippen LogP contribution in [0, 0.1) is 13.8 Å². The van der Waals surface area contributed by atoms with E-state index in [4.69, 9.17) is 42.1 Å².